The molecule has 17 heavy (non-hydrogen) atoms. The molecular formula is C11H17FN4O. The molecule has 0 amide bonds. The molecule has 1 aromatic rings. The molecule has 0 spiro atoms. The van der Waals surface area contributed by atoms with Crippen LogP contribution in [0.5, 0.6) is 0 Å². The van der Waals surface area contributed by atoms with Gasteiger partial charge in [0.05, 0.1) is 18.8 Å². The predicted molar refractivity (Wildman–Crippen MR) is 63.5 cm³/mol. The van der Waals surface area contributed by atoms with Gasteiger partial charge in [0.2, 0.25) is 5.95 Å². The summed E-state index contributed by atoms with van der Waals surface area (Å²) in [6.07, 6.45) is 2.09. The van der Waals surface area contributed by atoms with Crippen LogP contribution in [0, 0.1) is 11.7 Å². The van der Waals surface area contributed by atoms with E-state index in [9.17, 15) is 9.50 Å². The van der Waals surface area contributed by atoms with Crippen LogP contribution in [-0.4, -0.2) is 41.3 Å². The third kappa shape index (κ3) is 2.17. The lowest BCUT2D eigenvalue weighted by Gasteiger charge is -2.26. The van der Waals surface area contributed by atoms with Gasteiger partial charge in [0.15, 0.2) is 11.6 Å². The van der Waals surface area contributed by atoms with Crippen molar-refractivity contribution in [2.45, 2.75) is 19.4 Å². The highest BCUT2D eigenvalue weighted by atomic mass is 19.1. The van der Waals surface area contributed by atoms with Gasteiger partial charge in [-0.3, -0.25) is 0 Å². The van der Waals surface area contributed by atoms with E-state index in [1.807, 2.05) is 4.90 Å². The van der Waals surface area contributed by atoms with E-state index in [1.54, 1.807) is 7.05 Å². The molecule has 0 bridgehead atoms. The zero-order valence-electron chi connectivity index (χ0n) is 10.0. The minimum Gasteiger partial charge on any atom is -0.394 e. The largest absolute Gasteiger partial charge is 0.394 e. The summed E-state index contributed by atoms with van der Waals surface area (Å²) in [5.74, 6) is 0.550. The quantitative estimate of drug-likeness (QED) is 0.820. The predicted octanol–water partition coefficient (Wildman–Crippen LogP) is 0.864. The van der Waals surface area contributed by atoms with Gasteiger partial charge in [0.25, 0.3) is 0 Å². The molecule has 0 aliphatic carbocycles. The van der Waals surface area contributed by atoms with Crippen molar-refractivity contribution in [2.75, 3.05) is 30.4 Å². The van der Waals surface area contributed by atoms with E-state index in [-0.39, 0.29) is 18.5 Å². The Bertz CT molecular complexity index is 401. The number of nitrogens with one attached hydrogen (secondary N) is 1. The maximum Gasteiger partial charge on any atom is 0.224 e. The number of hydrogen-bond donors (Lipinski definition) is 2. The zero-order valence-corrected chi connectivity index (χ0v) is 10.0. The summed E-state index contributed by atoms with van der Waals surface area (Å²) in [4.78, 5) is 9.76. The highest BCUT2D eigenvalue weighted by Crippen LogP contribution is 2.29. The second kappa shape index (κ2) is 4.83. The zero-order chi connectivity index (χ0) is 12.4. The Balaban J connectivity index is 2.32. The molecule has 1 saturated heterocycles. The van der Waals surface area contributed by atoms with Crippen LogP contribution in [0.15, 0.2) is 6.20 Å². The summed E-state index contributed by atoms with van der Waals surface area (Å²) < 4.78 is 13.7. The first kappa shape index (κ1) is 12.0. The molecule has 2 heterocycles. The summed E-state index contributed by atoms with van der Waals surface area (Å²) in [6, 6.07) is -0.0656. The third-order valence-electron chi connectivity index (χ3n) is 3.29. The van der Waals surface area contributed by atoms with E-state index in [4.69, 9.17) is 0 Å². The number of aliphatic hydroxyl groups excluding tert-OH is 1. The maximum atomic E-state index is 13.7. The minimum atomic E-state index is -0.448. The Morgan fingerprint density at radius 1 is 1.65 bits per heavy atom. The van der Waals surface area contributed by atoms with Crippen LogP contribution >= 0.6 is 0 Å². The van der Waals surface area contributed by atoms with Crippen molar-refractivity contribution in [3.05, 3.63) is 12.0 Å². The fraction of sp³-hybridized carbons (Fsp3) is 0.636. The summed E-state index contributed by atoms with van der Waals surface area (Å²) >= 11 is 0. The normalized spacial score (nSPS) is 24.1. The number of hydrogen-bond acceptors (Lipinski definition) is 5. The number of rotatable bonds is 3. The van der Waals surface area contributed by atoms with Gasteiger partial charge in [0, 0.05) is 13.6 Å². The standard InChI is InChI=1S/C11H17FN4O/c1-7-3-4-16(9(7)6-17)10-8(12)5-14-11(13-2)15-10/h5,7,9,17H,3-4,6H2,1-2H3,(H,13,14,15). The average molecular weight is 240 g/mol. The summed E-state index contributed by atoms with van der Waals surface area (Å²) in [5, 5.41) is 12.1. The van der Waals surface area contributed by atoms with Gasteiger partial charge >= 0.3 is 0 Å². The molecule has 2 rings (SSSR count). The Hall–Kier alpha value is -1.43. The molecule has 6 heteroatoms. The van der Waals surface area contributed by atoms with E-state index >= 15 is 0 Å². The summed E-state index contributed by atoms with van der Waals surface area (Å²) in [7, 11) is 1.69. The van der Waals surface area contributed by atoms with Crippen LogP contribution in [0.25, 0.3) is 0 Å². The number of aliphatic hydroxyl groups is 1. The Morgan fingerprint density at radius 2 is 2.41 bits per heavy atom. The topological polar surface area (TPSA) is 61.3 Å². The second-order valence-electron chi connectivity index (χ2n) is 4.32. The lowest BCUT2D eigenvalue weighted by molar-refractivity contribution is 0.244. The lowest BCUT2D eigenvalue weighted by Crippen LogP contribution is -2.36. The number of halogens is 1. The number of anilines is 2. The van der Waals surface area contributed by atoms with Crippen LogP contribution in [0.4, 0.5) is 16.2 Å². The monoisotopic (exact) mass is 240 g/mol. The fourth-order valence-electron chi connectivity index (χ4n) is 2.23. The first-order chi connectivity index (χ1) is 8.17. The van der Waals surface area contributed by atoms with Crippen molar-refractivity contribution in [1.82, 2.24) is 9.97 Å². The smallest absolute Gasteiger partial charge is 0.224 e. The molecule has 2 atom stereocenters. The molecule has 1 aliphatic heterocycles. The van der Waals surface area contributed by atoms with E-state index in [2.05, 4.69) is 22.2 Å². The van der Waals surface area contributed by atoms with E-state index in [1.165, 1.54) is 0 Å². The van der Waals surface area contributed by atoms with Gasteiger partial charge in [-0.05, 0) is 12.3 Å². The average Bonchev–Trinajstić information content (AvgIpc) is 2.71. The van der Waals surface area contributed by atoms with Crippen molar-refractivity contribution in [3.8, 4) is 0 Å². The van der Waals surface area contributed by atoms with E-state index in [0.717, 1.165) is 12.6 Å². The van der Waals surface area contributed by atoms with Gasteiger partial charge in [0.1, 0.15) is 0 Å². The molecule has 1 fully saturated rings. The van der Waals surface area contributed by atoms with Crippen molar-refractivity contribution in [1.29, 1.82) is 0 Å². The minimum absolute atomic E-state index is 0.0134. The van der Waals surface area contributed by atoms with Crippen LogP contribution in [0.2, 0.25) is 0 Å². The molecule has 2 unspecified atom stereocenters. The molecule has 1 aromatic heterocycles. The Morgan fingerprint density at radius 3 is 3.06 bits per heavy atom. The van der Waals surface area contributed by atoms with Crippen LogP contribution < -0.4 is 10.2 Å². The second-order valence-corrected chi connectivity index (χ2v) is 4.32. The lowest BCUT2D eigenvalue weighted by atomic mass is 10.0. The molecule has 0 saturated carbocycles. The van der Waals surface area contributed by atoms with Crippen LogP contribution in [0.1, 0.15) is 13.3 Å². The maximum absolute atomic E-state index is 13.7. The van der Waals surface area contributed by atoms with Gasteiger partial charge < -0.3 is 15.3 Å². The first-order valence-corrected chi connectivity index (χ1v) is 5.75. The Kier molecular flexibility index (Phi) is 3.42. The molecule has 5 nitrogen and oxygen atoms in total. The molecule has 2 N–H and O–H groups in total. The molecule has 94 valence electrons. The Labute approximate surface area is 99.7 Å². The van der Waals surface area contributed by atoms with Crippen molar-refractivity contribution in [3.63, 3.8) is 0 Å². The molecule has 0 radical (unpaired) electrons. The highest BCUT2D eigenvalue weighted by Gasteiger charge is 2.33. The van der Waals surface area contributed by atoms with Gasteiger partial charge in [-0.25, -0.2) is 9.37 Å². The van der Waals surface area contributed by atoms with Crippen LogP contribution in [-0.2, 0) is 0 Å². The van der Waals surface area contributed by atoms with Gasteiger partial charge in [-0.2, -0.15) is 4.98 Å². The summed E-state index contributed by atoms with van der Waals surface area (Å²) in [6.45, 7) is 2.78. The van der Waals surface area contributed by atoms with Gasteiger partial charge in [-0.1, -0.05) is 6.92 Å². The molecule has 1 aliphatic rings. The number of aromatic nitrogens is 2. The summed E-state index contributed by atoms with van der Waals surface area (Å²) in [5.41, 5.74) is 0. The highest BCUT2D eigenvalue weighted by molar-refractivity contribution is 5.46. The number of nitrogens with zero attached hydrogens (tertiary/aromatic N) is 3. The van der Waals surface area contributed by atoms with Gasteiger partial charge in [-0.15, -0.1) is 0 Å². The van der Waals surface area contributed by atoms with E-state index in [0.29, 0.717) is 18.4 Å². The first-order valence-electron chi connectivity index (χ1n) is 5.75. The fourth-order valence-corrected chi connectivity index (χ4v) is 2.23. The molecular weight excluding hydrogens is 223 g/mol. The van der Waals surface area contributed by atoms with Crippen molar-refractivity contribution >= 4 is 11.8 Å². The van der Waals surface area contributed by atoms with Crippen molar-refractivity contribution in [2.24, 2.45) is 5.92 Å². The molecule has 0 aromatic carbocycles. The van der Waals surface area contributed by atoms with Crippen LogP contribution in [0.3, 0.4) is 0 Å². The van der Waals surface area contributed by atoms with Crippen molar-refractivity contribution < 1.29 is 9.50 Å². The SMILES string of the molecule is CNc1ncc(F)c(N2CCC(C)C2CO)n1. The third-order valence-corrected chi connectivity index (χ3v) is 3.29. The van der Waals surface area contributed by atoms with E-state index < -0.39 is 5.82 Å².